The lowest BCUT2D eigenvalue weighted by molar-refractivity contribution is -0.384. The standard InChI is InChI=1S/C12H8BrClN4O3/c13-8-3-6(18(20)21)1-2-10(8)17-12(19)7-4-11(15)16-5-9(7)14/h1-5H,(H2,15,16)(H,17,19). The largest absolute Gasteiger partial charge is 0.384 e. The molecule has 2 rings (SSSR count). The van der Waals surface area contributed by atoms with Gasteiger partial charge in [0.2, 0.25) is 0 Å². The van der Waals surface area contributed by atoms with Crippen LogP contribution in [0.25, 0.3) is 0 Å². The number of nitrogens with zero attached hydrogens (tertiary/aromatic N) is 2. The second kappa shape index (κ2) is 6.06. The second-order valence-electron chi connectivity index (χ2n) is 3.96. The Kier molecular flexibility index (Phi) is 4.39. The number of nitrogens with one attached hydrogen (secondary N) is 1. The van der Waals surface area contributed by atoms with E-state index in [0.29, 0.717) is 10.2 Å². The van der Waals surface area contributed by atoms with E-state index in [1.165, 1.54) is 30.5 Å². The molecule has 3 N–H and O–H groups in total. The van der Waals surface area contributed by atoms with E-state index in [0.717, 1.165) is 0 Å². The van der Waals surface area contributed by atoms with Crippen molar-refractivity contribution in [2.75, 3.05) is 11.1 Å². The number of halogens is 2. The number of carbonyl (C=O) groups is 1. The van der Waals surface area contributed by atoms with Gasteiger partial charge >= 0.3 is 0 Å². The molecule has 108 valence electrons. The summed E-state index contributed by atoms with van der Waals surface area (Å²) >= 11 is 9.04. The number of nitrogens with two attached hydrogens (primary N) is 1. The molecule has 0 unspecified atom stereocenters. The number of amides is 1. The van der Waals surface area contributed by atoms with Crippen molar-refractivity contribution < 1.29 is 9.72 Å². The van der Waals surface area contributed by atoms with E-state index in [4.69, 9.17) is 17.3 Å². The fourth-order valence-corrected chi connectivity index (χ4v) is 2.19. The van der Waals surface area contributed by atoms with Crippen LogP contribution in [0.4, 0.5) is 17.2 Å². The Morgan fingerprint density at radius 2 is 2.14 bits per heavy atom. The zero-order valence-corrected chi connectivity index (χ0v) is 12.7. The molecule has 0 bridgehead atoms. The molecule has 0 aliphatic carbocycles. The van der Waals surface area contributed by atoms with Crippen LogP contribution in [-0.4, -0.2) is 15.8 Å². The molecule has 0 radical (unpaired) electrons. The first-order chi connectivity index (χ1) is 9.88. The van der Waals surface area contributed by atoms with Gasteiger partial charge in [-0.1, -0.05) is 11.6 Å². The Balaban J connectivity index is 2.27. The van der Waals surface area contributed by atoms with Gasteiger partial charge in [0, 0.05) is 22.8 Å². The average Bonchev–Trinajstić information content (AvgIpc) is 2.43. The van der Waals surface area contributed by atoms with Gasteiger partial charge in [-0.15, -0.1) is 0 Å². The van der Waals surface area contributed by atoms with E-state index >= 15 is 0 Å². The summed E-state index contributed by atoms with van der Waals surface area (Å²) in [5.41, 5.74) is 5.95. The Morgan fingerprint density at radius 3 is 2.76 bits per heavy atom. The monoisotopic (exact) mass is 370 g/mol. The molecular formula is C12H8BrClN4O3. The third-order valence-electron chi connectivity index (χ3n) is 2.53. The van der Waals surface area contributed by atoms with Crippen molar-refractivity contribution in [3.63, 3.8) is 0 Å². The quantitative estimate of drug-likeness (QED) is 0.635. The van der Waals surface area contributed by atoms with E-state index in [9.17, 15) is 14.9 Å². The fourth-order valence-electron chi connectivity index (χ4n) is 1.54. The number of aromatic nitrogens is 1. The minimum absolute atomic E-state index is 0.0916. The van der Waals surface area contributed by atoms with Gasteiger partial charge in [0.15, 0.2) is 0 Å². The highest BCUT2D eigenvalue weighted by molar-refractivity contribution is 9.10. The van der Waals surface area contributed by atoms with Gasteiger partial charge in [-0.05, 0) is 28.1 Å². The van der Waals surface area contributed by atoms with Crippen molar-refractivity contribution in [1.82, 2.24) is 4.98 Å². The molecule has 0 fully saturated rings. The average molecular weight is 372 g/mol. The number of nitrogen functional groups attached to an aromatic ring is 1. The van der Waals surface area contributed by atoms with Crippen LogP contribution in [-0.2, 0) is 0 Å². The number of pyridine rings is 1. The molecule has 7 nitrogen and oxygen atoms in total. The molecule has 0 aliphatic heterocycles. The molecule has 1 aromatic carbocycles. The van der Waals surface area contributed by atoms with Gasteiger partial charge in [-0.3, -0.25) is 14.9 Å². The number of hydrogen-bond donors (Lipinski definition) is 2. The zero-order chi connectivity index (χ0) is 15.6. The summed E-state index contributed by atoms with van der Waals surface area (Å²) in [5.74, 6) is -0.337. The molecule has 0 atom stereocenters. The third kappa shape index (κ3) is 3.47. The summed E-state index contributed by atoms with van der Waals surface area (Å²) < 4.78 is 0.378. The Bertz CT molecular complexity index is 738. The number of nitro groups is 1. The zero-order valence-electron chi connectivity index (χ0n) is 10.3. The molecule has 0 saturated heterocycles. The van der Waals surface area contributed by atoms with Crippen LogP contribution in [0.15, 0.2) is 34.9 Å². The van der Waals surface area contributed by atoms with Crippen molar-refractivity contribution in [3.8, 4) is 0 Å². The highest BCUT2D eigenvalue weighted by Crippen LogP contribution is 2.28. The summed E-state index contributed by atoms with van der Waals surface area (Å²) in [5, 5.41) is 13.4. The van der Waals surface area contributed by atoms with E-state index in [1.54, 1.807) is 0 Å². The Hall–Kier alpha value is -2.19. The normalized spacial score (nSPS) is 10.2. The molecule has 1 amide bonds. The van der Waals surface area contributed by atoms with Gasteiger partial charge in [0.1, 0.15) is 5.82 Å². The summed E-state index contributed by atoms with van der Waals surface area (Å²) in [4.78, 5) is 26.0. The minimum Gasteiger partial charge on any atom is -0.384 e. The topological polar surface area (TPSA) is 111 Å². The molecule has 9 heteroatoms. The van der Waals surface area contributed by atoms with E-state index < -0.39 is 10.8 Å². The summed E-state index contributed by atoms with van der Waals surface area (Å²) in [6, 6.07) is 5.33. The summed E-state index contributed by atoms with van der Waals surface area (Å²) in [6.07, 6.45) is 1.27. The Labute approximate surface area is 132 Å². The van der Waals surface area contributed by atoms with E-state index in [2.05, 4.69) is 26.2 Å². The van der Waals surface area contributed by atoms with Crippen LogP contribution >= 0.6 is 27.5 Å². The maximum Gasteiger partial charge on any atom is 0.270 e. The summed E-state index contributed by atoms with van der Waals surface area (Å²) in [7, 11) is 0. The van der Waals surface area contributed by atoms with Crippen LogP contribution in [0.5, 0.6) is 0 Å². The first-order valence-corrected chi connectivity index (χ1v) is 6.72. The second-order valence-corrected chi connectivity index (χ2v) is 5.23. The maximum absolute atomic E-state index is 12.1. The predicted molar refractivity (Wildman–Crippen MR) is 82.4 cm³/mol. The van der Waals surface area contributed by atoms with Crippen LogP contribution in [0, 0.1) is 10.1 Å². The summed E-state index contributed by atoms with van der Waals surface area (Å²) in [6.45, 7) is 0. The highest BCUT2D eigenvalue weighted by atomic mass is 79.9. The molecule has 21 heavy (non-hydrogen) atoms. The molecule has 1 heterocycles. The van der Waals surface area contributed by atoms with Crippen LogP contribution in [0.3, 0.4) is 0 Å². The number of anilines is 2. The molecular weight excluding hydrogens is 364 g/mol. The Morgan fingerprint density at radius 1 is 1.43 bits per heavy atom. The molecule has 0 spiro atoms. The number of non-ortho nitro benzene ring substituents is 1. The number of hydrogen-bond acceptors (Lipinski definition) is 5. The number of benzene rings is 1. The van der Waals surface area contributed by atoms with E-state index in [1.807, 2.05) is 0 Å². The molecule has 2 aromatic rings. The maximum atomic E-state index is 12.1. The van der Waals surface area contributed by atoms with E-state index in [-0.39, 0.29) is 22.1 Å². The first-order valence-electron chi connectivity index (χ1n) is 5.55. The SMILES string of the molecule is Nc1cc(C(=O)Nc2ccc([N+](=O)[O-])cc2Br)c(Cl)cn1. The number of rotatable bonds is 3. The lowest BCUT2D eigenvalue weighted by Crippen LogP contribution is -2.13. The van der Waals surface area contributed by atoms with Crippen LogP contribution in [0.2, 0.25) is 5.02 Å². The van der Waals surface area contributed by atoms with Crippen molar-refractivity contribution in [1.29, 1.82) is 0 Å². The van der Waals surface area contributed by atoms with Gasteiger partial charge in [0.25, 0.3) is 11.6 Å². The number of carbonyl (C=O) groups excluding carboxylic acids is 1. The van der Waals surface area contributed by atoms with Crippen molar-refractivity contribution in [3.05, 3.63) is 55.6 Å². The fraction of sp³-hybridized carbons (Fsp3) is 0. The van der Waals surface area contributed by atoms with Crippen LogP contribution in [0.1, 0.15) is 10.4 Å². The van der Waals surface area contributed by atoms with Gasteiger partial charge in [-0.2, -0.15) is 0 Å². The predicted octanol–water partition coefficient (Wildman–Crippen LogP) is 3.24. The van der Waals surface area contributed by atoms with Crippen molar-refractivity contribution >= 4 is 50.6 Å². The minimum atomic E-state index is -0.531. The van der Waals surface area contributed by atoms with Gasteiger partial charge < -0.3 is 11.1 Å². The van der Waals surface area contributed by atoms with Crippen molar-refractivity contribution in [2.24, 2.45) is 0 Å². The highest BCUT2D eigenvalue weighted by Gasteiger charge is 2.15. The molecule has 0 aliphatic rings. The van der Waals surface area contributed by atoms with Gasteiger partial charge in [-0.25, -0.2) is 4.98 Å². The lowest BCUT2D eigenvalue weighted by Gasteiger charge is -2.08. The lowest BCUT2D eigenvalue weighted by atomic mass is 10.2. The third-order valence-corrected chi connectivity index (χ3v) is 3.49. The molecule has 1 aromatic heterocycles. The first kappa shape index (κ1) is 15.2. The van der Waals surface area contributed by atoms with Crippen molar-refractivity contribution in [2.45, 2.75) is 0 Å². The smallest absolute Gasteiger partial charge is 0.270 e. The molecule has 0 saturated carbocycles. The van der Waals surface area contributed by atoms with Gasteiger partial charge in [0.05, 0.1) is 21.2 Å². The number of nitro benzene ring substituents is 1. The van der Waals surface area contributed by atoms with Crippen LogP contribution < -0.4 is 11.1 Å².